The first kappa shape index (κ1) is 23.2. The quantitative estimate of drug-likeness (QED) is 0.372. The Morgan fingerprint density at radius 1 is 0.636 bits per heavy atom. The van der Waals surface area contributed by atoms with E-state index in [1.807, 2.05) is 12.1 Å². The van der Waals surface area contributed by atoms with Crippen LogP contribution in [0.5, 0.6) is 17.2 Å². The predicted molar refractivity (Wildman–Crippen MR) is 134 cm³/mol. The van der Waals surface area contributed by atoms with Crippen molar-refractivity contribution in [3.05, 3.63) is 89.5 Å². The average Bonchev–Trinajstić information content (AvgIpc) is 2.82. The zero-order valence-corrected chi connectivity index (χ0v) is 19.9. The van der Waals surface area contributed by atoms with Gasteiger partial charge in [0.1, 0.15) is 17.2 Å². The summed E-state index contributed by atoms with van der Waals surface area (Å²) < 4.78 is 0. The van der Waals surface area contributed by atoms with Gasteiger partial charge in [-0.3, -0.25) is 0 Å². The minimum Gasteiger partial charge on any atom is -0.508 e. The van der Waals surface area contributed by atoms with Crippen molar-refractivity contribution in [3.8, 4) is 17.2 Å². The number of phenolic OH excluding ortho intramolecular Hbond substituents is 3. The first-order valence-electron chi connectivity index (χ1n) is 12.2. The van der Waals surface area contributed by atoms with Crippen molar-refractivity contribution in [1.82, 2.24) is 0 Å². The maximum absolute atomic E-state index is 9.87. The lowest BCUT2D eigenvalue weighted by Crippen LogP contribution is -2.36. The standard InChI is InChI=1S/C30H36O3/c1-20(2)21(3)29(22-4-10-26(31)11-5-22)23-16-18-30(19-17-23,24-6-12-27(32)13-7-24)25-8-14-28(33)15-9-25/h4-15,20-21,23,29,31-33H,16-19H2,1-3H3. The molecule has 3 aromatic carbocycles. The van der Waals surface area contributed by atoms with Gasteiger partial charge in [-0.1, -0.05) is 57.2 Å². The van der Waals surface area contributed by atoms with E-state index >= 15 is 0 Å². The summed E-state index contributed by atoms with van der Waals surface area (Å²) in [7, 11) is 0. The molecule has 2 unspecified atom stereocenters. The van der Waals surface area contributed by atoms with E-state index in [0.717, 1.165) is 25.7 Å². The summed E-state index contributed by atoms with van der Waals surface area (Å²) in [5.74, 6) is 3.01. The Bertz CT molecular complexity index is 980. The fourth-order valence-electron chi connectivity index (χ4n) is 5.91. The van der Waals surface area contributed by atoms with E-state index in [4.69, 9.17) is 0 Å². The van der Waals surface area contributed by atoms with Crippen LogP contribution in [0.4, 0.5) is 0 Å². The number of rotatable bonds is 6. The molecule has 33 heavy (non-hydrogen) atoms. The van der Waals surface area contributed by atoms with Gasteiger partial charge in [-0.2, -0.15) is 0 Å². The highest BCUT2D eigenvalue weighted by Crippen LogP contribution is 2.52. The van der Waals surface area contributed by atoms with Gasteiger partial charge in [-0.15, -0.1) is 0 Å². The number of hydrogen-bond donors (Lipinski definition) is 3. The Labute approximate surface area is 197 Å². The Kier molecular flexibility index (Phi) is 6.69. The monoisotopic (exact) mass is 444 g/mol. The lowest BCUT2D eigenvalue weighted by Gasteiger charge is -2.45. The highest BCUT2D eigenvalue weighted by atomic mass is 16.3. The van der Waals surface area contributed by atoms with E-state index in [2.05, 4.69) is 57.2 Å². The van der Waals surface area contributed by atoms with Crippen LogP contribution in [0, 0.1) is 17.8 Å². The topological polar surface area (TPSA) is 60.7 Å². The van der Waals surface area contributed by atoms with Crippen LogP contribution in [0.1, 0.15) is 69.1 Å². The number of hydrogen-bond acceptors (Lipinski definition) is 3. The SMILES string of the molecule is CC(C)C(C)C(c1ccc(O)cc1)C1CCC(c2ccc(O)cc2)(c2ccc(O)cc2)CC1. The van der Waals surface area contributed by atoms with E-state index in [-0.39, 0.29) is 16.9 Å². The van der Waals surface area contributed by atoms with Crippen LogP contribution in [0.3, 0.4) is 0 Å². The van der Waals surface area contributed by atoms with Crippen LogP contribution < -0.4 is 0 Å². The van der Waals surface area contributed by atoms with Gasteiger partial charge >= 0.3 is 0 Å². The molecule has 4 rings (SSSR count). The summed E-state index contributed by atoms with van der Waals surface area (Å²) in [5, 5.41) is 29.6. The zero-order valence-electron chi connectivity index (χ0n) is 19.9. The number of aromatic hydroxyl groups is 3. The normalized spacial score (nSPS) is 18.2. The third kappa shape index (κ3) is 4.73. The average molecular weight is 445 g/mol. The summed E-state index contributed by atoms with van der Waals surface area (Å²) in [5.41, 5.74) is 3.64. The smallest absolute Gasteiger partial charge is 0.115 e. The highest BCUT2D eigenvalue weighted by Gasteiger charge is 2.41. The van der Waals surface area contributed by atoms with Gasteiger partial charge in [0.15, 0.2) is 0 Å². The predicted octanol–water partition coefficient (Wildman–Crippen LogP) is 7.36. The number of phenols is 3. The summed E-state index contributed by atoms with van der Waals surface area (Å²) in [6.07, 6.45) is 4.24. The second kappa shape index (κ2) is 9.51. The van der Waals surface area contributed by atoms with E-state index in [0.29, 0.717) is 29.4 Å². The third-order valence-corrected chi connectivity index (χ3v) is 8.13. The summed E-state index contributed by atoms with van der Waals surface area (Å²) >= 11 is 0. The van der Waals surface area contributed by atoms with Crippen molar-refractivity contribution in [1.29, 1.82) is 0 Å². The number of benzene rings is 3. The Hall–Kier alpha value is -2.94. The summed E-state index contributed by atoms with van der Waals surface area (Å²) in [6.45, 7) is 6.97. The molecule has 3 nitrogen and oxygen atoms in total. The molecule has 0 spiro atoms. The molecule has 0 bridgehead atoms. The molecule has 0 aliphatic heterocycles. The van der Waals surface area contributed by atoms with Crippen LogP contribution in [0.15, 0.2) is 72.8 Å². The minimum atomic E-state index is -0.127. The van der Waals surface area contributed by atoms with Crippen molar-refractivity contribution in [2.45, 2.75) is 57.8 Å². The van der Waals surface area contributed by atoms with Crippen LogP contribution in [-0.2, 0) is 5.41 Å². The molecule has 1 aliphatic carbocycles. The molecule has 3 aromatic rings. The van der Waals surface area contributed by atoms with Gasteiger partial charge in [0.25, 0.3) is 0 Å². The molecular weight excluding hydrogens is 408 g/mol. The van der Waals surface area contributed by atoms with Crippen molar-refractivity contribution in [2.75, 3.05) is 0 Å². The molecule has 1 saturated carbocycles. The Morgan fingerprint density at radius 3 is 1.42 bits per heavy atom. The molecule has 0 aromatic heterocycles. The summed E-state index contributed by atoms with van der Waals surface area (Å²) in [6, 6.07) is 23.2. The van der Waals surface area contributed by atoms with Crippen LogP contribution >= 0.6 is 0 Å². The van der Waals surface area contributed by atoms with Gasteiger partial charge in [-0.25, -0.2) is 0 Å². The third-order valence-electron chi connectivity index (χ3n) is 8.13. The van der Waals surface area contributed by atoms with Crippen molar-refractivity contribution in [2.24, 2.45) is 17.8 Å². The van der Waals surface area contributed by atoms with E-state index in [1.165, 1.54) is 16.7 Å². The molecule has 174 valence electrons. The van der Waals surface area contributed by atoms with E-state index in [9.17, 15) is 15.3 Å². The Morgan fingerprint density at radius 2 is 1.03 bits per heavy atom. The van der Waals surface area contributed by atoms with Gasteiger partial charge in [0.05, 0.1) is 0 Å². The van der Waals surface area contributed by atoms with Crippen LogP contribution in [-0.4, -0.2) is 15.3 Å². The second-order valence-electron chi connectivity index (χ2n) is 10.2. The van der Waals surface area contributed by atoms with Crippen molar-refractivity contribution >= 4 is 0 Å². The maximum atomic E-state index is 9.87. The minimum absolute atomic E-state index is 0.127. The molecule has 2 atom stereocenters. The van der Waals surface area contributed by atoms with E-state index < -0.39 is 0 Å². The largest absolute Gasteiger partial charge is 0.508 e. The molecule has 3 N–H and O–H groups in total. The van der Waals surface area contributed by atoms with Gasteiger partial charge in [-0.05, 0) is 102 Å². The molecule has 0 saturated heterocycles. The molecule has 3 heteroatoms. The summed E-state index contributed by atoms with van der Waals surface area (Å²) in [4.78, 5) is 0. The van der Waals surface area contributed by atoms with Gasteiger partial charge < -0.3 is 15.3 Å². The first-order valence-corrected chi connectivity index (χ1v) is 12.2. The van der Waals surface area contributed by atoms with Gasteiger partial charge in [0, 0.05) is 5.41 Å². The lowest BCUT2D eigenvalue weighted by atomic mass is 9.59. The second-order valence-corrected chi connectivity index (χ2v) is 10.2. The first-order chi connectivity index (χ1) is 15.8. The highest BCUT2D eigenvalue weighted by molar-refractivity contribution is 5.43. The van der Waals surface area contributed by atoms with Crippen molar-refractivity contribution < 1.29 is 15.3 Å². The van der Waals surface area contributed by atoms with Crippen LogP contribution in [0.25, 0.3) is 0 Å². The fraction of sp³-hybridized carbons (Fsp3) is 0.400. The van der Waals surface area contributed by atoms with Crippen molar-refractivity contribution in [3.63, 3.8) is 0 Å². The lowest BCUT2D eigenvalue weighted by molar-refractivity contribution is 0.182. The Balaban J connectivity index is 1.67. The molecule has 0 amide bonds. The van der Waals surface area contributed by atoms with E-state index in [1.54, 1.807) is 24.3 Å². The maximum Gasteiger partial charge on any atom is 0.115 e. The molecule has 0 heterocycles. The molecule has 0 radical (unpaired) electrons. The molecule has 1 fully saturated rings. The molecule has 1 aliphatic rings. The fourth-order valence-corrected chi connectivity index (χ4v) is 5.91. The van der Waals surface area contributed by atoms with Crippen LogP contribution in [0.2, 0.25) is 0 Å². The van der Waals surface area contributed by atoms with Gasteiger partial charge in [0.2, 0.25) is 0 Å². The zero-order chi connectivity index (χ0) is 23.6. The molecular formula is C30H36O3.